The molecule has 3 atom stereocenters. The largest absolute Gasteiger partial charge is 0.356 e. The van der Waals surface area contributed by atoms with Crippen LogP contribution in [0.5, 0.6) is 0 Å². The van der Waals surface area contributed by atoms with Crippen molar-refractivity contribution in [1.29, 1.82) is 0 Å². The molecule has 0 aliphatic carbocycles. The average Bonchev–Trinajstić information content (AvgIpc) is 2.57. The fourth-order valence-electron chi connectivity index (χ4n) is 3.60. The topological polar surface area (TPSA) is 49.9 Å². The zero-order valence-electron chi connectivity index (χ0n) is 14.1. The van der Waals surface area contributed by atoms with Crippen molar-refractivity contribution in [3.63, 3.8) is 0 Å². The van der Waals surface area contributed by atoms with E-state index in [2.05, 4.69) is 0 Å². The van der Waals surface area contributed by atoms with Crippen LogP contribution in [-0.4, -0.2) is 54.0 Å². The van der Waals surface area contributed by atoms with Crippen LogP contribution in [0.25, 0.3) is 0 Å². The summed E-state index contributed by atoms with van der Waals surface area (Å²) in [5.41, 5.74) is 0.577. The third kappa shape index (κ3) is 3.15. The highest BCUT2D eigenvalue weighted by Gasteiger charge is 2.43. The molecule has 2 aliphatic rings. The normalized spacial score (nSPS) is 28.1. The van der Waals surface area contributed by atoms with Gasteiger partial charge in [-0.3, -0.25) is 9.59 Å². The van der Waals surface area contributed by atoms with E-state index in [4.69, 9.17) is 4.74 Å². The molecule has 1 aromatic rings. The molecular weight excluding hydrogens is 311 g/mol. The van der Waals surface area contributed by atoms with Crippen molar-refractivity contribution in [2.24, 2.45) is 0 Å². The first-order valence-electron chi connectivity index (χ1n) is 8.42. The molecule has 0 radical (unpaired) electrons. The van der Waals surface area contributed by atoms with Crippen LogP contribution < -0.4 is 0 Å². The number of carbonyl (C=O) groups is 2. The Kier molecular flexibility index (Phi) is 4.85. The van der Waals surface area contributed by atoms with Gasteiger partial charge < -0.3 is 14.5 Å². The standard InChI is InChI=1S/C18H23FN2O3/c1-12-6-3-4-9-21(12)18(23)17-16(20(2)15(22)11-24-17)13-7-5-8-14(19)10-13/h5,7-8,10,12,16-17H,3-4,6,9,11H2,1-2H3/t12-,16-,17+/m1/s1. The molecule has 24 heavy (non-hydrogen) atoms. The lowest BCUT2D eigenvalue weighted by molar-refractivity contribution is -0.169. The van der Waals surface area contributed by atoms with Crippen LogP contribution in [0.3, 0.4) is 0 Å². The van der Waals surface area contributed by atoms with E-state index in [1.54, 1.807) is 19.2 Å². The summed E-state index contributed by atoms with van der Waals surface area (Å²) >= 11 is 0. The molecule has 5 nitrogen and oxygen atoms in total. The molecule has 3 rings (SSSR count). The first kappa shape index (κ1) is 16.9. The number of likely N-dealkylation sites (N-methyl/N-ethyl adjacent to an activating group) is 1. The number of hydrogen-bond donors (Lipinski definition) is 0. The van der Waals surface area contributed by atoms with Gasteiger partial charge >= 0.3 is 0 Å². The first-order chi connectivity index (χ1) is 11.5. The molecule has 2 amide bonds. The maximum atomic E-state index is 13.7. The quantitative estimate of drug-likeness (QED) is 0.832. The molecule has 6 heteroatoms. The van der Waals surface area contributed by atoms with E-state index in [-0.39, 0.29) is 24.5 Å². The highest BCUT2D eigenvalue weighted by atomic mass is 19.1. The van der Waals surface area contributed by atoms with E-state index >= 15 is 0 Å². The van der Waals surface area contributed by atoms with Crippen LogP contribution in [0.4, 0.5) is 4.39 Å². The monoisotopic (exact) mass is 334 g/mol. The van der Waals surface area contributed by atoms with E-state index < -0.39 is 18.0 Å². The fourth-order valence-corrected chi connectivity index (χ4v) is 3.60. The van der Waals surface area contributed by atoms with Crippen molar-refractivity contribution >= 4 is 11.8 Å². The van der Waals surface area contributed by atoms with E-state index in [0.717, 1.165) is 19.3 Å². The Morgan fingerprint density at radius 3 is 2.83 bits per heavy atom. The molecule has 0 aromatic heterocycles. The minimum atomic E-state index is -0.796. The second-order valence-electron chi connectivity index (χ2n) is 6.61. The van der Waals surface area contributed by atoms with Crippen molar-refractivity contribution in [2.75, 3.05) is 20.2 Å². The average molecular weight is 334 g/mol. The minimum Gasteiger partial charge on any atom is -0.356 e. The third-order valence-corrected chi connectivity index (χ3v) is 5.00. The third-order valence-electron chi connectivity index (χ3n) is 5.00. The van der Waals surface area contributed by atoms with Crippen molar-refractivity contribution in [2.45, 2.75) is 44.4 Å². The molecule has 0 saturated carbocycles. The zero-order valence-corrected chi connectivity index (χ0v) is 14.1. The second-order valence-corrected chi connectivity index (χ2v) is 6.61. The summed E-state index contributed by atoms with van der Waals surface area (Å²) in [5, 5.41) is 0. The number of halogens is 1. The predicted octanol–water partition coefficient (Wildman–Crippen LogP) is 2.12. The van der Waals surface area contributed by atoms with Crippen molar-refractivity contribution in [3.05, 3.63) is 35.6 Å². The van der Waals surface area contributed by atoms with Crippen LogP contribution in [0.1, 0.15) is 37.8 Å². The Morgan fingerprint density at radius 2 is 2.12 bits per heavy atom. The van der Waals surface area contributed by atoms with E-state index in [0.29, 0.717) is 12.1 Å². The molecule has 1 aromatic carbocycles. The van der Waals surface area contributed by atoms with Crippen LogP contribution in [0, 0.1) is 5.82 Å². The lowest BCUT2D eigenvalue weighted by Gasteiger charge is -2.42. The van der Waals surface area contributed by atoms with E-state index in [1.165, 1.54) is 17.0 Å². The summed E-state index contributed by atoms with van der Waals surface area (Å²) in [4.78, 5) is 28.4. The lowest BCUT2D eigenvalue weighted by Crippen LogP contribution is -2.56. The van der Waals surface area contributed by atoms with E-state index in [9.17, 15) is 14.0 Å². The van der Waals surface area contributed by atoms with Gasteiger partial charge in [-0.05, 0) is 43.9 Å². The van der Waals surface area contributed by atoms with E-state index in [1.807, 2.05) is 11.8 Å². The van der Waals surface area contributed by atoms with Crippen LogP contribution in [0.15, 0.2) is 24.3 Å². The van der Waals surface area contributed by atoms with Gasteiger partial charge in [-0.25, -0.2) is 4.39 Å². The molecular formula is C18H23FN2O3. The predicted molar refractivity (Wildman–Crippen MR) is 86.7 cm³/mol. The number of nitrogens with zero attached hydrogens (tertiary/aromatic N) is 2. The lowest BCUT2D eigenvalue weighted by atomic mass is 9.95. The molecule has 0 spiro atoms. The van der Waals surface area contributed by atoms with Crippen molar-refractivity contribution in [1.82, 2.24) is 9.80 Å². The number of amides is 2. The Hall–Kier alpha value is -1.95. The SMILES string of the molecule is C[C@@H]1CCCCN1C(=O)[C@H]1OCC(=O)N(C)[C@@H]1c1cccc(F)c1. The molecule has 2 aliphatic heterocycles. The molecule has 2 heterocycles. The first-order valence-corrected chi connectivity index (χ1v) is 8.42. The number of likely N-dealkylation sites (tertiary alicyclic amines) is 1. The summed E-state index contributed by atoms with van der Waals surface area (Å²) < 4.78 is 19.3. The van der Waals surface area contributed by atoms with Gasteiger partial charge in [0.25, 0.3) is 5.91 Å². The number of benzene rings is 1. The minimum absolute atomic E-state index is 0.115. The smallest absolute Gasteiger partial charge is 0.254 e. The number of hydrogen-bond acceptors (Lipinski definition) is 3. The van der Waals surface area contributed by atoms with Crippen LogP contribution in [-0.2, 0) is 14.3 Å². The second kappa shape index (κ2) is 6.89. The zero-order chi connectivity index (χ0) is 17.3. The molecule has 130 valence electrons. The van der Waals surface area contributed by atoms with Gasteiger partial charge in [0.2, 0.25) is 5.91 Å². The van der Waals surface area contributed by atoms with Gasteiger partial charge in [-0.15, -0.1) is 0 Å². The van der Waals surface area contributed by atoms with Crippen molar-refractivity contribution in [3.8, 4) is 0 Å². The molecule has 0 unspecified atom stereocenters. The number of ether oxygens (including phenoxy) is 1. The van der Waals surface area contributed by atoms with Crippen LogP contribution >= 0.6 is 0 Å². The molecule has 2 saturated heterocycles. The van der Waals surface area contributed by atoms with Crippen LogP contribution in [0.2, 0.25) is 0 Å². The van der Waals surface area contributed by atoms with Gasteiger partial charge in [0.15, 0.2) is 6.10 Å². The molecule has 0 bridgehead atoms. The van der Waals surface area contributed by atoms with Crippen molar-refractivity contribution < 1.29 is 18.7 Å². The van der Waals surface area contributed by atoms with Gasteiger partial charge in [-0.2, -0.15) is 0 Å². The highest BCUT2D eigenvalue weighted by molar-refractivity contribution is 5.86. The van der Waals surface area contributed by atoms with Gasteiger partial charge in [-0.1, -0.05) is 12.1 Å². The van der Waals surface area contributed by atoms with Gasteiger partial charge in [0.05, 0.1) is 6.04 Å². The van der Waals surface area contributed by atoms with Gasteiger partial charge in [0.1, 0.15) is 12.4 Å². The summed E-state index contributed by atoms with van der Waals surface area (Å²) in [6.45, 7) is 2.61. The number of piperidine rings is 1. The molecule has 2 fully saturated rings. The number of rotatable bonds is 2. The maximum absolute atomic E-state index is 13.7. The van der Waals surface area contributed by atoms with Gasteiger partial charge in [0, 0.05) is 19.6 Å². The highest BCUT2D eigenvalue weighted by Crippen LogP contribution is 2.32. The summed E-state index contributed by atoms with van der Waals surface area (Å²) in [5.74, 6) is -0.715. The Bertz CT molecular complexity index is 636. The Morgan fingerprint density at radius 1 is 1.33 bits per heavy atom. The Balaban J connectivity index is 1.91. The maximum Gasteiger partial charge on any atom is 0.254 e. The number of morpholine rings is 1. The molecule has 0 N–H and O–H groups in total. The fraction of sp³-hybridized carbons (Fsp3) is 0.556. The Labute approximate surface area is 141 Å². The summed E-state index contributed by atoms with van der Waals surface area (Å²) in [6, 6.07) is 5.57. The number of carbonyl (C=O) groups excluding carboxylic acids is 2. The summed E-state index contributed by atoms with van der Waals surface area (Å²) in [6.07, 6.45) is 2.26. The summed E-state index contributed by atoms with van der Waals surface area (Å²) in [7, 11) is 1.64.